The Labute approximate surface area is 87.4 Å². The zero-order valence-corrected chi connectivity index (χ0v) is 7.96. The molecular weight excluding hydrogens is 192 g/mol. The van der Waals surface area contributed by atoms with Gasteiger partial charge in [-0.2, -0.15) is 0 Å². The van der Waals surface area contributed by atoms with E-state index >= 15 is 0 Å². The quantitative estimate of drug-likeness (QED) is 0.461. The number of carboxylic acid groups (broad SMARTS) is 1. The van der Waals surface area contributed by atoms with Crippen LogP contribution in [0.25, 0.3) is 6.08 Å². The van der Waals surface area contributed by atoms with E-state index in [0.29, 0.717) is 6.29 Å². The Morgan fingerprint density at radius 2 is 1.87 bits per heavy atom. The Morgan fingerprint density at radius 1 is 1.20 bits per heavy atom. The first-order valence-corrected chi connectivity index (χ1v) is 4.36. The molecular formula is C12H10O3. The van der Waals surface area contributed by atoms with E-state index in [9.17, 15) is 9.59 Å². The molecule has 0 radical (unpaired) electrons. The largest absolute Gasteiger partial charge is 0.478 e. The molecule has 0 atom stereocenters. The number of hydrogen-bond donors (Lipinski definition) is 1. The second-order valence-electron chi connectivity index (χ2n) is 2.81. The van der Waals surface area contributed by atoms with E-state index < -0.39 is 5.97 Å². The van der Waals surface area contributed by atoms with Gasteiger partial charge in [-0.05, 0) is 17.7 Å². The van der Waals surface area contributed by atoms with Crippen LogP contribution in [0.2, 0.25) is 0 Å². The van der Waals surface area contributed by atoms with E-state index in [1.807, 2.05) is 30.3 Å². The Morgan fingerprint density at radius 3 is 2.40 bits per heavy atom. The summed E-state index contributed by atoms with van der Waals surface area (Å²) in [6.07, 6.45) is 4.51. The Hall–Kier alpha value is -2.16. The van der Waals surface area contributed by atoms with Gasteiger partial charge >= 0.3 is 5.97 Å². The number of allylic oxidation sites excluding steroid dienone is 1. The van der Waals surface area contributed by atoms with Crippen molar-refractivity contribution in [1.82, 2.24) is 0 Å². The van der Waals surface area contributed by atoms with Gasteiger partial charge < -0.3 is 5.11 Å². The fraction of sp³-hybridized carbons (Fsp3) is 0. The summed E-state index contributed by atoms with van der Waals surface area (Å²) in [7, 11) is 0. The molecule has 0 unspecified atom stereocenters. The normalized spacial score (nSPS) is 11.6. The molecule has 0 heterocycles. The van der Waals surface area contributed by atoms with Gasteiger partial charge in [0.25, 0.3) is 0 Å². The number of hydrogen-bond acceptors (Lipinski definition) is 2. The lowest BCUT2D eigenvalue weighted by Gasteiger charge is -1.93. The smallest absolute Gasteiger partial charge is 0.335 e. The van der Waals surface area contributed by atoms with Gasteiger partial charge in [-0.1, -0.05) is 36.4 Å². The van der Waals surface area contributed by atoms with Crippen molar-refractivity contribution in [3.05, 3.63) is 53.6 Å². The topological polar surface area (TPSA) is 54.4 Å². The van der Waals surface area contributed by atoms with Crippen LogP contribution in [0.15, 0.2) is 48.1 Å². The standard InChI is InChI=1S/C12H10O3/c13-9-8-11(12(14)15)7-6-10-4-2-1-3-5-10/h1-9H,(H,14,15)/b7-6+,11-8+. The summed E-state index contributed by atoms with van der Waals surface area (Å²) < 4.78 is 0. The Kier molecular flexibility index (Phi) is 4.04. The SMILES string of the molecule is O=C/C=C(\C=C\c1ccccc1)C(=O)O. The fourth-order valence-corrected chi connectivity index (χ4v) is 1.02. The van der Waals surface area contributed by atoms with E-state index in [1.165, 1.54) is 6.08 Å². The molecule has 0 aliphatic rings. The average molecular weight is 202 g/mol. The van der Waals surface area contributed by atoms with Crippen LogP contribution in [0.3, 0.4) is 0 Å². The van der Waals surface area contributed by atoms with Crippen LogP contribution in [0.5, 0.6) is 0 Å². The zero-order chi connectivity index (χ0) is 11.1. The number of benzene rings is 1. The maximum Gasteiger partial charge on any atom is 0.335 e. The molecule has 15 heavy (non-hydrogen) atoms. The number of aliphatic carboxylic acids is 1. The summed E-state index contributed by atoms with van der Waals surface area (Å²) in [5, 5.41) is 8.70. The average Bonchev–Trinajstić information content (AvgIpc) is 2.25. The zero-order valence-electron chi connectivity index (χ0n) is 7.96. The van der Waals surface area contributed by atoms with Crippen LogP contribution < -0.4 is 0 Å². The van der Waals surface area contributed by atoms with Crippen molar-refractivity contribution < 1.29 is 14.7 Å². The van der Waals surface area contributed by atoms with E-state index in [2.05, 4.69) is 0 Å². The van der Waals surface area contributed by atoms with Crippen molar-refractivity contribution in [2.24, 2.45) is 0 Å². The van der Waals surface area contributed by atoms with Crippen molar-refractivity contribution in [2.75, 3.05) is 0 Å². The molecule has 0 fully saturated rings. The van der Waals surface area contributed by atoms with Crippen molar-refractivity contribution in [3.63, 3.8) is 0 Å². The van der Waals surface area contributed by atoms with Crippen molar-refractivity contribution in [2.45, 2.75) is 0 Å². The van der Waals surface area contributed by atoms with Crippen molar-refractivity contribution in [3.8, 4) is 0 Å². The lowest BCUT2D eigenvalue weighted by Crippen LogP contribution is -1.97. The van der Waals surface area contributed by atoms with Crippen LogP contribution in [-0.2, 0) is 9.59 Å². The van der Waals surface area contributed by atoms with E-state index in [-0.39, 0.29) is 5.57 Å². The van der Waals surface area contributed by atoms with E-state index in [1.54, 1.807) is 6.08 Å². The number of carbonyl (C=O) groups is 2. The Bertz CT molecular complexity index is 402. The van der Waals surface area contributed by atoms with Gasteiger partial charge in [-0.3, -0.25) is 4.79 Å². The molecule has 0 saturated heterocycles. The predicted octanol–water partition coefficient (Wildman–Crippen LogP) is 1.91. The van der Waals surface area contributed by atoms with Gasteiger partial charge in [0.15, 0.2) is 0 Å². The van der Waals surface area contributed by atoms with Crippen LogP contribution in [0.4, 0.5) is 0 Å². The van der Waals surface area contributed by atoms with Gasteiger partial charge in [-0.25, -0.2) is 4.79 Å². The van der Waals surface area contributed by atoms with Gasteiger partial charge in [0.2, 0.25) is 0 Å². The van der Waals surface area contributed by atoms with Gasteiger partial charge in [0.1, 0.15) is 6.29 Å². The highest BCUT2D eigenvalue weighted by Crippen LogP contribution is 2.04. The number of aldehydes is 1. The first-order valence-electron chi connectivity index (χ1n) is 4.36. The molecule has 0 saturated carbocycles. The molecule has 3 nitrogen and oxygen atoms in total. The number of rotatable bonds is 4. The Balaban J connectivity index is 2.84. The monoisotopic (exact) mass is 202 g/mol. The molecule has 0 aliphatic carbocycles. The minimum atomic E-state index is -1.12. The van der Waals surface area contributed by atoms with E-state index in [0.717, 1.165) is 11.6 Å². The third-order valence-electron chi connectivity index (χ3n) is 1.75. The van der Waals surface area contributed by atoms with Crippen LogP contribution >= 0.6 is 0 Å². The van der Waals surface area contributed by atoms with Crippen molar-refractivity contribution >= 4 is 18.3 Å². The number of carbonyl (C=O) groups excluding carboxylic acids is 1. The van der Waals surface area contributed by atoms with Crippen LogP contribution in [0, 0.1) is 0 Å². The second-order valence-corrected chi connectivity index (χ2v) is 2.81. The number of carboxylic acids is 1. The summed E-state index contributed by atoms with van der Waals surface area (Å²) >= 11 is 0. The van der Waals surface area contributed by atoms with Crippen molar-refractivity contribution in [1.29, 1.82) is 0 Å². The summed E-state index contributed by atoms with van der Waals surface area (Å²) in [5.74, 6) is -1.12. The molecule has 0 aliphatic heterocycles. The lowest BCUT2D eigenvalue weighted by atomic mass is 10.1. The van der Waals surface area contributed by atoms with Gasteiger partial charge in [-0.15, -0.1) is 0 Å². The molecule has 0 bridgehead atoms. The minimum absolute atomic E-state index is 0.0335. The van der Waals surface area contributed by atoms with Crippen LogP contribution in [-0.4, -0.2) is 17.4 Å². The highest BCUT2D eigenvalue weighted by Gasteiger charge is 2.00. The third-order valence-corrected chi connectivity index (χ3v) is 1.75. The molecule has 76 valence electrons. The highest BCUT2D eigenvalue weighted by molar-refractivity contribution is 5.95. The molecule has 0 aromatic heterocycles. The lowest BCUT2D eigenvalue weighted by molar-refractivity contribution is -0.132. The molecule has 1 aromatic carbocycles. The molecule has 0 spiro atoms. The van der Waals surface area contributed by atoms with Crippen LogP contribution in [0.1, 0.15) is 5.56 Å². The summed E-state index contributed by atoms with van der Waals surface area (Å²) in [6, 6.07) is 9.26. The minimum Gasteiger partial charge on any atom is -0.478 e. The molecule has 0 amide bonds. The molecule has 1 rings (SSSR count). The maximum absolute atomic E-state index is 10.6. The summed E-state index contributed by atoms with van der Waals surface area (Å²) in [4.78, 5) is 20.8. The first kappa shape index (κ1) is 10.9. The fourth-order valence-electron chi connectivity index (χ4n) is 1.02. The predicted molar refractivity (Wildman–Crippen MR) is 57.3 cm³/mol. The van der Waals surface area contributed by atoms with Gasteiger partial charge in [0.05, 0.1) is 5.57 Å². The molecule has 3 heteroatoms. The van der Waals surface area contributed by atoms with E-state index in [4.69, 9.17) is 5.11 Å². The maximum atomic E-state index is 10.6. The molecule has 1 aromatic rings. The highest BCUT2D eigenvalue weighted by atomic mass is 16.4. The summed E-state index contributed by atoms with van der Waals surface area (Å²) in [6.45, 7) is 0. The second kappa shape index (κ2) is 5.54. The third kappa shape index (κ3) is 3.60. The first-order chi connectivity index (χ1) is 7.24. The molecule has 1 N–H and O–H groups in total. The summed E-state index contributed by atoms with van der Waals surface area (Å²) in [5.41, 5.74) is 0.851. The van der Waals surface area contributed by atoms with Gasteiger partial charge in [0, 0.05) is 0 Å².